The number of nitrogens with one attached hydrogen (secondary N) is 1. The summed E-state index contributed by atoms with van der Waals surface area (Å²) in [4.78, 5) is 11.6. The van der Waals surface area contributed by atoms with Crippen LogP contribution in [0.1, 0.15) is 15.9 Å². The summed E-state index contributed by atoms with van der Waals surface area (Å²) in [6, 6.07) is 9.65. The van der Waals surface area contributed by atoms with E-state index in [1.54, 1.807) is 37.3 Å². The van der Waals surface area contributed by atoms with E-state index in [4.69, 9.17) is 5.73 Å². The zero-order valence-corrected chi connectivity index (χ0v) is 11.2. The van der Waals surface area contributed by atoms with E-state index in [2.05, 4.69) is 10.1 Å². The van der Waals surface area contributed by atoms with E-state index in [1.165, 1.54) is 13.2 Å². The van der Waals surface area contributed by atoms with Gasteiger partial charge in [-0.2, -0.15) is 0 Å². The van der Waals surface area contributed by atoms with Crippen LogP contribution in [0.3, 0.4) is 0 Å². The molecule has 0 amide bonds. The Kier molecular flexibility index (Phi) is 3.89. The summed E-state index contributed by atoms with van der Waals surface area (Å²) in [5.74, 6) is -0.913. The van der Waals surface area contributed by atoms with Gasteiger partial charge in [-0.25, -0.2) is 9.18 Å². The van der Waals surface area contributed by atoms with Gasteiger partial charge in [0.1, 0.15) is 5.82 Å². The Hall–Kier alpha value is -2.56. The average molecular weight is 274 g/mol. The van der Waals surface area contributed by atoms with Crippen LogP contribution in [0.15, 0.2) is 36.4 Å². The van der Waals surface area contributed by atoms with Gasteiger partial charge in [-0.05, 0) is 30.7 Å². The molecular formula is C15H15FN2O2. The molecule has 5 heteroatoms. The van der Waals surface area contributed by atoms with Crippen molar-refractivity contribution in [3.05, 3.63) is 53.3 Å². The molecule has 0 aliphatic heterocycles. The van der Waals surface area contributed by atoms with E-state index < -0.39 is 5.97 Å². The van der Waals surface area contributed by atoms with Crippen LogP contribution >= 0.6 is 0 Å². The van der Waals surface area contributed by atoms with Gasteiger partial charge in [0.05, 0.1) is 29.7 Å². The summed E-state index contributed by atoms with van der Waals surface area (Å²) in [6.45, 7) is 1.78. The number of rotatable bonds is 3. The van der Waals surface area contributed by atoms with Crippen LogP contribution in [0.2, 0.25) is 0 Å². The number of hydrogen-bond acceptors (Lipinski definition) is 4. The number of hydrogen-bond donors (Lipinski definition) is 2. The highest BCUT2D eigenvalue weighted by Gasteiger charge is 2.14. The van der Waals surface area contributed by atoms with Crippen molar-refractivity contribution in [3.63, 3.8) is 0 Å². The highest BCUT2D eigenvalue weighted by Crippen LogP contribution is 2.29. The van der Waals surface area contributed by atoms with Crippen LogP contribution in [-0.4, -0.2) is 13.1 Å². The van der Waals surface area contributed by atoms with Gasteiger partial charge in [0.25, 0.3) is 0 Å². The molecule has 0 atom stereocenters. The molecule has 0 radical (unpaired) electrons. The Labute approximate surface area is 116 Å². The number of anilines is 3. The number of carbonyl (C=O) groups excluding carboxylic acids is 1. The first kappa shape index (κ1) is 13.9. The summed E-state index contributed by atoms with van der Waals surface area (Å²) >= 11 is 0. The smallest absolute Gasteiger partial charge is 0.340 e. The van der Waals surface area contributed by atoms with Crippen molar-refractivity contribution in [2.45, 2.75) is 6.92 Å². The van der Waals surface area contributed by atoms with Crippen LogP contribution in [0.4, 0.5) is 21.5 Å². The van der Waals surface area contributed by atoms with Crippen LogP contribution in [0.5, 0.6) is 0 Å². The molecule has 0 heterocycles. The van der Waals surface area contributed by atoms with Gasteiger partial charge in [-0.3, -0.25) is 0 Å². The van der Waals surface area contributed by atoms with Crippen molar-refractivity contribution in [3.8, 4) is 0 Å². The van der Waals surface area contributed by atoms with Gasteiger partial charge in [0, 0.05) is 0 Å². The molecule has 0 saturated heterocycles. The number of nitrogen functional groups attached to an aromatic ring is 1. The Morgan fingerprint density at radius 2 is 1.95 bits per heavy atom. The lowest BCUT2D eigenvalue weighted by Crippen LogP contribution is -2.08. The first-order chi connectivity index (χ1) is 9.54. The molecule has 2 rings (SSSR count). The molecule has 0 saturated carbocycles. The summed E-state index contributed by atoms with van der Waals surface area (Å²) in [5, 5.41) is 2.92. The molecule has 0 aliphatic rings. The molecule has 0 unspecified atom stereocenters. The molecule has 0 aliphatic carbocycles. The van der Waals surface area contributed by atoms with Crippen molar-refractivity contribution in [1.29, 1.82) is 0 Å². The number of benzene rings is 2. The first-order valence-corrected chi connectivity index (χ1v) is 6.03. The lowest BCUT2D eigenvalue weighted by Gasteiger charge is -2.14. The molecular weight excluding hydrogens is 259 g/mol. The number of aryl methyl sites for hydroxylation is 1. The van der Waals surface area contributed by atoms with Gasteiger partial charge in [0.15, 0.2) is 0 Å². The topological polar surface area (TPSA) is 64.3 Å². The number of carbonyl (C=O) groups is 1. The third kappa shape index (κ3) is 2.56. The molecule has 0 aromatic heterocycles. The molecule has 4 nitrogen and oxygen atoms in total. The van der Waals surface area contributed by atoms with Gasteiger partial charge < -0.3 is 15.8 Å². The Morgan fingerprint density at radius 1 is 1.25 bits per heavy atom. The average Bonchev–Trinajstić information content (AvgIpc) is 2.44. The van der Waals surface area contributed by atoms with E-state index in [0.29, 0.717) is 11.4 Å². The standard InChI is InChI=1S/C15H15FN2O2/c1-9-5-3-7-11(16)14(9)18-12-8-4-6-10(13(12)17)15(19)20-2/h3-8,18H,17H2,1-2H3. The van der Waals surface area contributed by atoms with Crippen LogP contribution in [0.25, 0.3) is 0 Å². The Bertz CT molecular complexity index is 636. The number of methoxy groups -OCH3 is 1. The van der Waals surface area contributed by atoms with Crippen molar-refractivity contribution in [1.82, 2.24) is 0 Å². The number of nitrogens with two attached hydrogens (primary N) is 1. The van der Waals surface area contributed by atoms with E-state index in [9.17, 15) is 9.18 Å². The molecule has 3 N–H and O–H groups in total. The van der Waals surface area contributed by atoms with Gasteiger partial charge in [-0.15, -0.1) is 0 Å². The first-order valence-electron chi connectivity index (χ1n) is 6.03. The lowest BCUT2D eigenvalue weighted by molar-refractivity contribution is 0.0602. The molecule has 0 fully saturated rings. The molecule has 0 spiro atoms. The largest absolute Gasteiger partial charge is 0.465 e. The third-order valence-electron chi connectivity index (χ3n) is 2.99. The van der Waals surface area contributed by atoms with E-state index in [0.717, 1.165) is 5.56 Å². The van der Waals surface area contributed by atoms with Crippen LogP contribution in [-0.2, 0) is 4.74 Å². The second-order valence-electron chi connectivity index (χ2n) is 4.32. The molecule has 0 bridgehead atoms. The lowest BCUT2D eigenvalue weighted by atomic mass is 10.1. The van der Waals surface area contributed by atoms with Crippen molar-refractivity contribution in [2.75, 3.05) is 18.2 Å². The summed E-state index contributed by atoms with van der Waals surface area (Å²) in [7, 11) is 1.28. The third-order valence-corrected chi connectivity index (χ3v) is 2.99. The van der Waals surface area contributed by atoms with Gasteiger partial charge in [-0.1, -0.05) is 18.2 Å². The highest BCUT2D eigenvalue weighted by molar-refractivity contribution is 5.98. The minimum atomic E-state index is -0.531. The predicted molar refractivity (Wildman–Crippen MR) is 76.6 cm³/mol. The molecule has 104 valence electrons. The highest BCUT2D eigenvalue weighted by atomic mass is 19.1. The summed E-state index contributed by atoms with van der Waals surface area (Å²) < 4.78 is 18.4. The minimum absolute atomic E-state index is 0.224. The second kappa shape index (κ2) is 5.61. The van der Waals surface area contributed by atoms with Gasteiger partial charge in [0.2, 0.25) is 0 Å². The van der Waals surface area contributed by atoms with E-state index >= 15 is 0 Å². The molecule has 2 aromatic carbocycles. The zero-order valence-electron chi connectivity index (χ0n) is 11.2. The number of ether oxygens (including phenoxy) is 1. The summed E-state index contributed by atoms with van der Waals surface area (Å²) in [5.41, 5.74) is 7.93. The van der Waals surface area contributed by atoms with E-state index in [-0.39, 0.29) is 17.1 Å². The van der Waals surface area contributed by atoms with Crippen molar-refractivity contribution >= 4 is 23.0 Å². The van der Waals surface area contributed by atoms with E-state index in [1.807, 2.05) is 0 Å². The van der Waals surface area contributed by atoms with Crippen molar-refractivity contribution < 1.29 is 13.9 Å². The monoisotopic (exact) mass is 274 g/mol. The molecule has 20 heavy (non-hydrogen) atoms. The molecule has 2 aromatic rings. The quantitative estimate of drug-likeness (QED) is 0.666. The number of halogens is 1. The van der Waals surface area contributed by atoms with Gasteiger partial charge >= 0.3 is 5.97 Å². The number of esters is 1. The maximum atomic E-state index is 13.8. The Balaban J connectivity index is 2.42. The zero-order chi connectivity index (χ0) is 14.7. The van der Waals surface area contributed by atoms with Crippen LogP contribution < -0.4 is 11.1 Å². The SMILES string of the molecule is COC(=O)c1cccc(Nc2c(C)cccc2F)c1N. The maximum Gasteiger partial charge on any atom is 0.340 e. The normalized spacial score (nSPS) is 10.2. The number of para-hydroxylation sites is 2. The Morgan fingerprint density at radius 3 is 2.60 bits per heavy atom. The van der Waals surface area contributed by atoms with Crippen LogP contribution in [0, 0.1) is 12.7 Å². The maximum absolute atomic E-state index is 13.8. The van der Waals surface area contributed by atoms with Crippen molar-refractivity contribution in [2.24, 2.45) is 0 Å². The fraction of sp³-hybridized carbons (Fsp3) is 0.133. The second-order valence-corrected chi connectivity index (χ2v) is 4.32. The minimum Gasteiger partial charge on any atom is -0.465 e. The fourth-order valence-corrected chi connectivity index (χ4v) is 1.89. The summed E-state index contributed by atoms with van der Waals surface area (Å²) in [6.07, 6.45) is 0. The predicted octanol–water partition coefficient (Wildman–Crippen LogP) is 3.25. The fourth-order valence-electron chi connectivity index (χ4n) is 1.89.